The Bertz CT molecular complexity index is 1480. The first-order chi connectivity index (χ1) is 16.9. The number of fused-ring (bicyclic) bond motifs is 1. The average molecular weight is 505 g/mol. The number of thiazole rings is 1. The standard InChI is InChI=1S/C27H21ClN2O4S/c1-3-34-19-11-8-16(9-12-19)23-22(24(31)17-6-4-15(2)5-7-17)25(32)26(33)30(23)27-29-20-13-10-18(28)14-21(20)35-27/h4-14,23,31H,3H2,1-2H3. The molecule has 1 saturated heterocycles. The first-order valence-electron chi connectivity index (χ1n) is 11.0. The lowest BCUT2D eigenvalue weighted by Gasteiger charge is -2.23. The van der Waals surface area contributed by atoms with Crippen LogP contribution in [-0.4, -0.2) is 28.4 Å². The number of ketones is 1. The summed E-state index contributed by atoms with van der Waals surface area (Å²) in [5, 5.41) is 12.1. The van der Waals surface area contributed by atoms with Crippen LogP contribution >= 0.6 is 22.9 Å². The minimum absolute atomic E-state index is 0.0142. The summed E-state index contributed by atoms with van der Waals surface area (Å²) in [6.07, 6.45) is 0. The number of halogens is 1. The number of hydrogen-bond donors (Lipinski definition) is 1. The van der Waals surface area contributed by atoms with Crippen molar-refractivity contribution in [2.75, 3.05) is 11.5 Å². The van der Waals surface area contributed by atoms with Crippen molar-refractivity contribution in [2.45, 2.75) is 19.9 Å². The molecule has 0 radical (unpaired) electrons. The Balaban J connectivity index is 1.70. The molecular weight excluding hydrogens is 484 g/mol. The van der Waals surface area contributed by atoms with Gasteiger partial charge in [0.05, 0.1) is 28.4 Å². The van der Waals surface area contributed by atoms with Crippen LogP contribution in [0.3, 0.4) is 0 Å². The topological polar surface area (TPSA) is 79.7 Å². The monoisotopic (exact) mass is 504 g/mol. The molecule has 1 fully saturated rings. The number of carbonyl (C=O) groups excluding carboxylic acids is 2. The third kappa shape index (κ3) is 4.17. The molecule has 3 aromatic carbocycles. The van der Waals surface area contributed by atoms with Crippen molar-refractivity contribution in [2.24, 2.45) is 0 Å². The molecule has 176 valence electrons. The van der Waals surface area contributed by atoms with E-state index < -0.39 is 17.7 Å². The highest BCUT2D eigenvalue weighted by molar-refractivity contribution is 7.22. The van der Waals surface area contributed by atoms with Crippen LogP contribution in [0.5, 0.6) is 5.75 Å². The van der Waals surface area contributed by atoms with Gasteiger partial charge in [0.25, 0.3) is 5.78 Å². The van der Waals surface area contributed by atoms with Gasteiger partial charge in [-0.25, -0.2) is 4.98 Å². The van der Waals surface area contributed by atoms with E-state index in [0.29, 0.717) is 39.2 Å². The van der Waals surface area contributed by atoms with E-state index in [-0.39, 0.29) is 11.3 Å². The summed E-state index contributed by atoms with van der Waals surface area (Å²) in [6, 6.07) is 18.7. The fourth-order valence-electron chi connectivity index (χ4n) is 4.11. The maximum absolute atomic E-state index is 13.3. The number of carbonyl (C=O) groups is 2. The van der Waals surface area contributed by atoms with Gasteiger partial charge in [-0.1, -0.05) is 64.9 Å². The van der Waals surface area contributed by atoms with Gasteiger partial charge in [-0.05, 0) is 49.7 Å². The van der Waals surface area contributed by atoms with Crippen LogP contribution in [0.25, 0.3) is 16.0 Å². The van der Waals surface area contributed by atoms with E-state index in [2.05, 4.69) is 4.98 Å². The van der Waals surface area contributed by atoms with E-state index in [4.69, 9.17) is 16.3 Å². The Morgan fingerprint density at radius 2 is 1.80 bits per heavy atom. The number of Topliss-reactive ketones (excluding diaryl/α,β-unsaturated/α-hetero) is 1. The number of amides is 1. The number of anilines is 1. The number of aliphatic hydroxyl groups excluding tert-OH is 1. The molecule has 0 aliphatic carbocycles. The smallest absolute Gasteiger partial charge is 0.301 e. The highest BCUT2D eigenvalue weighted by Gasteiger charge is 2.48. The third-order valence-electron chi connectivity index (χ3n) is 5.82. The van der Waals surface area contributed by atoms with Crippen molar-refractivity contribution >= 4 is 55.7 Å². The van der Waals surface area contributed by atoms with E-state index >= 15 is 0 Å². The molecule has 1 aliphatic heterocycles. The molecule has 0 spiro atoms. The molecule has 0 bridgehead atoms. The molecule has 2 heterocycles. The molecular formula is C27H21ClN2O4S. The molecule has 4 aromatic rings. The zero-order chi connectivity index (χ0) is 24.7. The minimum Gasteiger partial charge on any atom is -0.507 e. The van der Waals surface area contributed by atoms with E-state index in [1.54, 1.807) is 54.6 Å². The summed E-state index contributed by atoms with van der Waals surface area (Å²) in [6.45, 7) is 4.34. The SMILES string of the molecule is CCOc1ccc(C2C(=C(O)c3ccc(C)cc3)C(=O)C(=O)N2c2nc3ccc(Cl)cc3s2)cc1. The number of hydrogen-bond acceptors (Lipinski definition) is 6. The van der Waals surface area contributed by atoms with Crippen LogP contribution in [-0.2, 0) is 9.59 Å². The molecule has 1 aromatic heterocycles. The highest BCUT2D eigenvalue weighted by Crippen LogP contribution is 2.44. The van der Waals surface area contributed by atoms with E-state index in [1.165, 1.54) is 16.2 Å². The molecule has 1 atom stereocenters. The Morgan fingerprint density at radius 3 is 2.49 bits per heavy atom. The minimum atomic E-state index is -0.858. The lowest BCUT2D eigenvalue weighted by Crippen LogP contribution is -2.29. The lowest BCUT2D eigenvalue weighted by atomic mass is 9.95. The Morgan fingerprint density at radius 1 is 1.09 bits per heavy atom. The summed E-state index contributed by atoms with van der Waals surface area (Å²) in [7, 11) is 0. The van der Waals surface area contributed by atoms with E-state index in [1.807, 2.05) is 26.0 Å². The third-order valence-corrected chi connectivity index (χ3v) is 7.07. The van der Waals surface area contributed by atoms with Crippen LogP contribution in [0.4, 0.5) is 5.13 Å². The number of rotatable bonds is 5. The molecule has 1 amide bonds. The number of ether oxygens (including phenoxy) is 1. The van der Waals surface area contributed by atoms with E-state index in [0.717, 1.165) is 10.3 Å². The van der Waals surface area contributed by atoms with Crippen molar-refractivity contribution < 1.29 is 19.4 Å². The van der Waals surface area contributed by atoms with Gasteiger partial charge >= 0.3 is 5.91 Å². The number of aromatic nitrogens is 1. The fraction of sp³-hybridized carbons (Fsp3) is 0.148. The lowest BCUT2D eigenvalue weighted by molar-refractivity contribution is -0.132. The van der Waals surface area contributed by atoms with E-state index in [9.17, 15) is 14.7 Å². The fourth-order valence-corrected chi connectivity index (χ4v) is 5.38. The summed E-state index contributed by atoms with van der Waals surface area (Å²) in [5.41, 5.74) is 2.80. The molecule has 5 rings (SSSR count). The molecule has 6 nitrogen and oxygen atoms in total. The Hall–Kier alpha value is -3.68. The predicted molar refractivity (Wildman–Crippen MR) is 138 cm³/mol. The first kappa shape index (κ1) is 23.1. The van der Waals surface area contributed by atoms with Crippen LogP contribution < -0.4 is 9.64 Å². The number of benzene rings is 3. The van der Waals surface area contributed by atoms with Crippen LogP contribution in [0.15, 0.2) is 72.3 Å². The molecule has 1 aliphatic rings. The van der Waals surface area contributed by atoms with Crippen LogP contribution in [0, 0.1) is 6.92 Å². The van der Waals surface area contributed by atoms with Crippen molar-refractivity contribution in [3.63, 3.8) is 0 Å². The molecule has 35 heavy (non-hydrogen) atoms. The van der Waals surface area contributed by atoms with Gasteiger partial charge < -0.3 is 9.84 Å². The Kier molecular flexibility index (Phi) is 6.05. The maximum Gasteiger partial charge on any atom is 0.301 e. The van der Waals surface area contributed by atoms with Gasteiger partial charge in [-0.2, -0.15) is 0 Å². The second kappa shape index (κ2) is 9.17. The number of aryl methyl sites for hydroxylation is 1. The predicted octanol–water partition coefficient (Wildman–Crippen LogP) is 6.28. The van der Waals surface area contributed by atoms with Gasteiger partial charge in [0.2, 0.25) is 0 Å². The summed E-state index contributed by atoms with van der Waals surface area (Å²) >= 11 is 7.40. The zero-order valence-corrected chi connectivity index (χ0v) is 20.6. The molecule has 1 unspecified atom stereocenters. The van der Waals surface area contributed by atoms with Gasteiger partial charge in [-0.3, -0.25) is 14.5 Å². The normalized spacial score (nSPS) is 17.3. The summed E-state index contributed by atoms with van der Waals surface area (Å²) < 4.78 is 6.34. The molecule has 0 saturated carbocycles. The average Bonchev–Trinajstić information content (AvgIpc) is 3.37. The van der Waals surface area contributed by atoms with Gasteiger partial charge in [-0.15, -0.1) is 0 Å². The first-order valence-corrected chi connectivity index (χ1v) is 12.2. The molecule has 8 heteroatoms. The van der Waals surface area contributed by atoms with Crippen molar-refractivity contribution in [1.29, 1.82) is 0 Å². The number of nitrogens with zero attached hydrogens (tertiary/aromatic N) is 2. The molecule has 1 N–H and O–H groups in total. The second-order valence-electron chi connectivity index (χ2n) is 8.15. The van der Waals surface area contributed by atoms with Crippen molar-refractivity contribution in [1.82, 2.24) is 4.98 Å². The summed E-state index contributed by atoms with van der Waals surface area (Å²) in [4.78, 5) is 32.6. The Labute approximate surface area is 211 Å². The van der Waals surface area contributed by atoms with Crippen molar-refractivity contribution in [3.05, 3.63) is 94.0 Å². The number of aliphatic hydroxyl groups is 1. The van der Waals surface area contributed by atoms with Crippen LogP contribution in [0.1, 0.15) is 29.7 Å². The summed E-state index contributed by atoms with van der Waals surface area (Å²) in [5.74, 6) is -1.07. The van der Waals surface area contributed by atoms with Gasteiger partial charge in [0.1, 0.15) is 11.5 Å². The quantitative estimate of drug-likeness (QED) is 0.196. The van der Waals surface area contributed by atoms with Gasteiger partial charge in [0.15, 0.2) is 5.13 Å². The highest BCUT2D eigenvalue weighted by atomic mass is 35.5. The van der Waals surface area contributed by atoms with Crippen LogP contribution in [0.2, 0.25) is 5.02 Å². The zero-order valence-electron chi connectivity index (χ0n) is 19.0. The maximum atomic E-state index is 13.3. The largest absolute Gasteiger partial charge is 0.507 e. The van der Waals surface area contributed by atoms with Crippen molar-refractivity contribution in [3.8, 4) is 5.75 Å². The van der Waals surface area contributed by atoms with Gasteiger partial charge in [0, 0.05) is 10.6 Å². The second-order valence-corrected chi connectivity index (χ2v) is 9.59.